The third-order valence-corrected chi connectivity index (χ3v) is 2.81. The monoisotopic (exact) mass is 245 g/mol. The molecule has 0 atom stereocenters. The summed E-state index contributed by atoms with van der Waals surface area (Å²) < 4.78 is 0. The van der Waals surface area contributed by atoms with E-state index >= 15 is 0 Å². The van der Waals surface area contributed by atoms with Gasteiger partial charge in [0.1, 0.15) is 5.82 Å². The van der Waals surface area contributed by atoms with Crippen LogP contribution in [0.5, 0.6) is 0 Å². The number of carbonyl (C=O) groups excluding carboxylic acids is 2. The molecular weight excluding hydrogens is 230 g/mol. The summed E-state index contributed by atoms with van der Waals surface area (Å²) in [6.07, 6.45) is 4.33. The van der Waals surface area contributed by atoms with Gasteiger partial charge in [-0.15, -0.1) is 0 Å². The molecule has 94 valence electrons. The van der Waals surface area contributed by atoms with Crippen LogP contribution < -0.4 is 10.2 Å². The van der Waals surface area contributed by atoms with Gasteiger partial charge in [-0.2, -0.15) is 0 Å². The predicted octanol–water partition coefficient (Wildman–Crippen LogP) is 1.01. The van der Waals surface area contributed by atoms with Gasteiger partial charge in [-0.25, -0.2) is 4.98 Å². The summed E-state index contributed by atoms with van der Waals surface area (Å²) in [5.41, 5.74) is 0.912. The van der Waals surface area contributed by atoms with Crippen molar-refractivity contribution in [3.05, 3.63) is 36.5 Å². The van der Waals surface area contributed by atoms with Crippen LogP contribution in [0, 0.1) is 0 Å². The van der Waals surface area contributed by atoms with Crippen LogP contribution in [0.1, 0.15) is 18.4 Å². The Bertz CT molecular complexity index is 485. The molecule has 0 aromatic carbocycles. The van der Waals surface area contributed by atoms with E-state index in [1.165, 1.54) is 6.08 Å². The molecule has 0 saturated carbocycles. The van der Waals surface area contributed by atoms with Crippen LogP contribution in [0.3, 0.4) is 0 Å². The molecule has 5 nitrogen and oxygen atoms in total. The summed E-state index contributed by atoms with van der Waals surface area (Å²) in [5, 5.41) is 2.69. The van der Waals surface area contributed by atoms with Crippen molar-refractivity contribution >= 4 is 17.6 Å². The molecule has 1 aliphatic heterocycles. The lowest BCUT2D eigenvalue weighted by molar-refractivity contribution is -0.117. The number of hydrogen-bond acceptors (Lipinski definition) is 3. The Kier molecular flexibility index (Phi) is 3.72. The summed E-state index contributed by atoms with van der Waals surface area (Å²) >= 11 is 0. The topological polar surface area (TPSA) is 62.3 Å². The Morgan fingerprint density at radius 2 is 2.44 bits per heavy atom. The third-order valence-electron chi connectivity index (χ3n) is 2.81. The van der Waals surface area contributed by atoms with Crippen molar-refractivity contribution in [1.29, 1.82) is 0 Å². The van der Waals surface area contributed by atoms with Crippen LogP contribution >= 0.6 is 0 Å². The minimum absolute atomic E-state index is 0.106. The molecule has 2 amide bonds. The minimum atomic E-state index is -0.217. The van der Waals surface area contributed by atoms with E-state index in [-0.39, 0.29) is 11.8 Å². The van der Waals surface area contributed by atoms with E-state index in [0.29, 0.717) is 25.3 Å². The summed E-state index contributed by atoms with van der Waals surface area (Å²) in [6, 6.07) is 3.64. The Labute approximate surface area is 106 Å². The van der Waals surface area contributed by atoms with E-state index in [4.69, 9.17) is 0 Å². The number of pyridine rings is 1. The summed E-state index contributed by atoms with van der Waals surface area (Å²) in [7, 11) is 0. The molecule has 1 aromatic heterocycles. The van der Waals surface area contributed by atoms with E-state index in [1.54, 1.807) is 11.1 Å². The average Bonchev–Trinajstić information content (AvgIpc) is 2.82. The standard InChI is InChI=1S/C13H15N3O2/c1-2-12(17)15-9-10-5-6-14-11(8-10)16-7-3-4-13(16)18/h2,5-6,8H,1,3-4,7,9H2,(H,15,17). The third kappa shape index (κ3) is 2.74. The van der Waals surface area contributed by atoms with Crippen LogP contribution in [0.2, 0.25) is 0 Å². The molecule has 18 heavy (non-hydrogen) atoms. The highest BCUT2D eigenvalue weighted by Crippen LogP contribution is 2.19. The first kappa shape index (κ1) is 12.3. The van der Waals surface area contributed by atoms with Crippen LogP contribution in [0.25, 0.3) is 0 Å². The molecule has 0 aliphatic carbocycles. The van der Waals surface area contributed by atoms with Crippen LogP contribution in [-0.2, 0) is 16.1 Å². The van der Waals surface area contributed by atoms with Gasteiger partial charge in [0.05, 0.1) is 0 Å². The van der Waals surface area contributed by atoms with E-state index in [9.17, 15) is 9.59 Å². The second-order valence-corrected chi connectivity index (χ2v) is 4.09. The van der Waals surface area contributed by atoms with Gasteiger partial charge in [-0.1, -0.05) is 6.58 Å². The second-order valence-electron chi connectivity index (χ2n) is 4.09. The first-order chi connectivity index (χ1) is 8.70. The van der Waals surface area contributed by atoms with E-state index in [0.717, 1.165) is 12.0 Å². The Morgan fingerprint density at radius 1 is 1.61 bits per heavy atom. The van der Waals surface area contributed by atoms with Gasteiger partial charge < -0.3 is 5.32 Å². The van der Waals surface area contributed by atoms with Crippen molar-refractivity contribution in [2.75, 3.05) is 11.4 Å². The van der Waals surface area contributed by atoms with Crippen molar-refractivity contribution < 1.29 is 9.59 Å². The van der Waals surface area contributed by atoms with E-state index in [1.807, 2.05) is 12.1 Å². The van der Waals surface area contributed by atoms with Crippen LogP contribution in [0.4, 0.5) is 5.82 Å². The summed E-state index contributed by atoms with van der Waals surface area (Å²) in [6.45, 7) is 4.51. The maximum Gasteiger partial charge on any atom is 0.243 e. The molecule has 2 heterocycles. The average molecular weight is 245 g/mol. The largest absolute Gasteiger partial charge is 0.348 e. The molecule has 1 aliphatic rings. The molecule has 0 spiro atoms. The number of aromatic nitrogens is 1. The van der Waals surface area contributed by atoms with E-state index in [2.05, 4.69) is 16.9 Å². The number of carbonyl (C=O) groups is 2. The second kappa shape index (κ2) is 5.44. The fourth-order valence-corrected chi connectivity index (χ4v) is 1.87. The molecule has 1 N–H and O–H groups in total. The summed E-state index contributed by atoms with van der Waals surface area (Å²) in [5.74, 6) is 0.545. The van der Waals surface area contributed by atoms with Gasteiger partial charge in [-0.05, 0) is 30.2 Å². The Morgan fingerprint density at radius 3 is 3.11 bits per heavy atom. The highest BCUT2D eigenvalue weighted by atomic mass is 16.2. The normalized spacial score (nSPS) is 14.7. The molecular formula is C13H15N3O2. The lowest BCUT2D eigenvalue weighted by Gasteiger charge is -2.15. The number of nitrogens with zero attached hydrogens (tertiary/aromatic N) is 2. The molecule has 0 unspecified atom stereocenters. The predicted molar refractivity (Wildman–Crippen MR) is 67.9 cm³/mol. The number of nitrogens with one attached hydrogen (secondary N) is 1. The summed E-state index contributed by atoms with van der Waals surface area (Å²) in [4.78, 5) is 28.5. The fraction of sp³-hybridized carbons (Fsp3) is 0.308. The van der Waals surface area contributed by atoms with Gasteiger partial charge in [-0.3, -0.25) is 14.5 Å². The van der Waals surface area contributed by atoms with Crippen LogP contribution in [0.15, 0.2) is 31.0 Å². The minimum Gasteiger partial charge on any atom is -0.348 e. The highest BCUT2D eigenvalue weighted by Gasteiger charge is 2.22. The van der Waals surface area contributed by atoms with Gasteiger partial charge >= 0.3 is 0 Å². The molecule has 0 radical (unpaired) electrons. The molecule has 0 bridgehead atoms. The fourth-order valence-electron chi connectivity index (χ4n) is 1.87. The first-order valence-corrected chi connectivity index (χ1v) is 5.86. The van der Waals surface area contributed by atoms with Gasteiger partial charge in [0.15, 0.2) is 0 Å². The zero-order chi connectivity index (χ0) is 13.0. The number of amides is 2. The number of hydrogen-bond donors (Lipinski definition) is 1. The maximum absolute atomic E-state index is 11.6. The quantitative estimate of drug-likeness (QED) is 0.805. The molecule has 1 fully saturated rings. The smallest absolute Gasteiger partial charge is 0.243 e. The number of rotatable bonds is 4. The van der Waals surface area contributed by atoms with E-state index < -0.39 is 0 Å². The lowest BCUT2D eigenvalue weighted by atomic mass is 10.2. The lowest BCUT2D eigenvalue weighted by Crippen LogP contribution is -2.25. The van der Waals surface area contributed by atoms with Gasteiger partial charge in [0.25, 0.3) is 0 Å². The first-order valence-electron chi connectivity index (χ1n) is 5.86. The van der Waals surface area contributed by atoms with Crippen molar-refractivity contribution in [2.45, 2.75) is 19.4 Å². The SMILES string of the molecule is C=CC(=O)NCc1ccnc(N2CCCC2=O)c1. The van der Waals surface area contributed by atoms with Crippen molar-refractivity contribution in [3.63, 3.8) is 0 Å². The Hall–Kier alpha value is -2.17. The maximum atomic E-state index is 11.6. The molecule has 1 saturated heterocycles. The molecule has 1 aromatic rings. The van der Waals surface area contributed by atoms with Gasteiger partial charge in [0, 0.05) is 25.7 Å². The molecule has 2 rings (SSSR count). The Balaban J connectivity index is 2.07. The molecule has 5 heteroatoms. The van der Waals surface area contributed by atoms with Crippen molar-refractivity contribution in [2.24, 2.45) is 0 Å². The highest BCUT2D eigenvalue weighted by molar-refractivity contribution is 5.94. The van der Waals surface area contributed by atoms with Crippen molar-refractivity contribution in [1.82, 2.24) is 10.3 Å². The van der Waals surface area contributed by atoms with Crippen LogP contribution in [-0.4, -0.2) is 23.3 Å². The zero-order valence-electron chi connectivity index (χ0n) is 10.1. The van der Waals surface area contributed by atoms with Gasteiger partial charge in [0.2, 0.25) is 11.8 Å². The zero-order valence-corrected chi connectivity index (χ0v) is 10.1. The van der Waals surface area contributed by atoms with Crippen molar-refractivity contribution in [3.8, 4) is 0 Å². The number of anilines is 1.